The van der Waals surface area contributed by atoms with Gasteiger partial charge in [0.05, 0.1) is 0 Å². The first kappa shape index (κ1) is 17.4. The van der Waals surface area contributed by atoms with E-state index in [2.05, 4.69) is 97.3 Å². The minimum atomic E-state index is 1.02. The van der Waals surface area contributed by atoms with Crippen LogP contribution >= 0.6 is 0 Å². The van der Waals surface area contributed by atoms with E-state index < -0.39 is 0 Å². The highest BCUT2D eigenvalue weighted by atomic mass is 15.1. The highest BCUT2D eigenvalue weighted by molar-refractivity contribution is 5.70. The molecule has 0 spiro atoms. The van der Waals surface area contributed by atoms with Crippen molar-refractivity contribution in [1.82, 2.24) is 9.47 Å². The summed E-state index contributed by atoms with van der Waals surface area (Å²) in [6.45, 7) is 5.38. The third-order valence-electron chi connectivity index (χ3n) is 4.04. The van der Waals surface area contributed by atoms with E-state index in [9.17, 15) is 0 Å². The molecular formula is C20H29N3. The van der Waals surface area contributed by atoms with Gasteiger partial charge in [-0.25, -0.2) is 0 Å². The minimum Gasteiger partial charge on any atom is -0.375 e. The molecule has 2 aromatic rings. The molecule has 1 aromatic carbocycles. The van der Waals surface area contributed by atoms with E-state index in [0.717, 1.165) is 19.6 Å². The summed E-state index contributed by atoms with van der Waals surface area (Å²) >= 11 is 0. The van der Waals surface area contributed by atoms with Crippen LogP contribution in [0.4, 0.5) is 5.69 Å². The summed E-state index contributed by atoms with van der Waals surface area (Å²) in [7, 11) is 6.40. The predicted molar refractivity (Wildman–Crippen MR) is 102 cm³/mol. The van der Waals surface area contributed by atoms with Gasteiger partial charge >= 0.3 is 0 Å². The molecule has 0 fully saturated rings. The predicted octanol–water partition coefficient (Wildman–Crippen LogP) is 4.07. The maximum absolute atomic E-state index is 2.32. The fourth-order valence-corrected chi connectivity index (χ4v) is 2.54. The number of nitrogens with zero attached hydrogens (tertiary/aromatic N) is 3. The largest absolute Gasteiger partial charge is 0.375 e. The van der Waals surface area contributed by atoms with Crippen molar-refractivity contribution in [3.8, 4) is 0 Å². The van der Waals surface area contributed by atoms with Crippen LogP contribution in [0, 0.1) is 0 Å². The number of rotatable bonds is 8. The summed E-state index contributed by atoms with van der Waals surface area (Å²) in [6, 6.07) is 10.9. The average Bonchev–Trinajstić information content (AvgIpc) is 3.01. The SMILES string of the molecule is CCn1ccc(/C=C/c2ccc(N(C)CCCN(C)C)cc2)c1. The van der Waals surface area contributed by atoms with Gasteiger partial charge < -0.3 is 14.4 Å². The van der Waals surface area contributed by atoms with Gasteiger partial charge in [0.25, 0.3) is 0 Å². The van der Waals surface area contributed by atoms with Gasteiger partial charge in [0.15, 0.2) is 0 Å². The first-order valence-corrected chi connectivity index (χ1v) is 8.38. The maximum atomic E-state index is 2.32. The fourth-order valence-electron chi connectivity index (χ4n) is 2.54. The highest BCUT2D eigenvalue weighted by Crippen LogP contribution is 2.16. The van der Waals surface area contributed by atoms with E-state index in [1.807, 2.05) is 0 Å². The molecule has 0 radical (unpaired) electrons. The lowest BCUT2D eigenvalue weighted by molar-refractivity contribution is 0.401. The van der Waals surface area contributed by atoms with E-state index in [1.165, 1.54) is 23.2 Å². The van der Waals surface area contributed by atoms with E-state index >= 15 is 0 Å². The van der Waals surface area contributed by atoms with Crippen molar-refractivity contribution in [3.05, 3.63) is 53.9 Å². The Morgan fingerprint density at radius 1 is 0.913 bits per heavy atom. The first-order valence-electron chi connectivity index (χ1n) is 8.38. The number of anilines is 1. The van der Waals surface area contributed by atoms with Gasteiger partial charge in [0, 0.05) is 38.2 Å². The third-order valence-corrected chi connectivity index (χ3v) is 4.04. The molecule has 23 heavy (non-hydrogen) atoms. The van der Waals surface area contributed by atoms with Gasteiger partial charge in [-0.05, 0) is 63.3 Å². The van der Waals surface area contributed by atoms with Crippen LogP contribution in [0.3, 0.4) is 0 Å². The number of hydrogen-bond acceptors (Lipinski definition) is 2. The Morgan fingerprint density at radius 3 is 2.22 bits per heavy atom. The summed E-state index contributed by atoms with van der Waals surface area (Å²) < 4.78 is 2.19. The summed E-state index contributed by atoms with van der Waals surface area (Å²) in [5.74, 6) is 0. The van der Waals surface area contributed by atoms with Crippen molar-refractivity contribution in [2.45, 2.75) is 19.9 Å². The summed E-state index contributed by atoms with van der Waals surface area (Å²) in [6.07, 6.45) is 9.81. The molecule has 0 bridgehead atoms. The zero-order valence-corrected chi connectivity index (χ0v) is 14.9. The molecule has 0 unspecified atom stereocenters. The van der Waals surface area contributed by atoms with E-state index in [1.54, 1.807) is 0 Å². The van der Waals surface area contributed by atoms with Crippen LogP contribution in [0.15, 0.2) is 42.7 Å². The van der Waals surface area contributed by atoms with Gasteiger partial charge in [-0.2, -0.15) is 0 Å². The Labute approximate surface area is 140 Å². The molecule has 0 saturated heterocycles. The Kier molecular flexibility index (Phi) is 6.48. The summed E-state index contributed by atoms with van der Waals surface area (Å²) in [4.78, 5) is 4.55. The normalized spacial score (nSPS) is 11.5. The Balaban J connectivity index is 1.90. The van der Waals surface area contributed by atoms with Crippen LogP contribution in [0.1, 0.15) is 24.5 Å². The zero-order valence-electron chi connectivity index (χ0n) is 14.9. The number of aromatic nitrogens is 1. The molecule has 124 valence electrons. The minimum absolute atomic E-state index is 1.02. The van der Waals surface area contributed by atoms with Crippen molar-refractivity contribution in [1.29, 1.82) is 0 Å². The molecule has 0 aliphatic rings. The molecule has 0 atom stereocenters. The van der Waals surface area contributed by atoms with Crippen molar-refractivity contribution in [2.24, 2.45) is 0 Å². The fraction of sp³-hybridized carbons (Fsp3) is 0.400. The Hall–Kier alpha value is -2.00. The molecule has 3 heteroatoms. The first-order chi connectivity index (χ1) is 11.1. The van der Waals surface area contributed by atoms with E-state index in [-0.39, 0.29) is 0 Å². The van der Waals surface area contributed by atoms with Crippen LogP contribution in [0.25, 0.3) is 12.2 Å². The molecule has 1 aromatic heterocycles. The monoisotopic (exact) mass is 311 g/mol. The second-order valence-electron chi connectivity index (χ2n) is 6.28. The zero-order chi connectivity index (χ0) is 16.7. The molecular weight excluding hydrogens is 282 g/mol. The molecule has 0 amide bonds. The van der Waals surface area contributed by atoms with Gasteiger partial charge in [-0.3, -0.25) is 0 Å². The second-order valence-corrected chi connectivity index (χ2v) is 6.28. The van der Waals surface area contributed by atoms with Crippen molar-refractivity contribution in [3.63, 3.8) is 0 Å². The number of hydrogen-bond donors (Lipinski definition) is 0. The van der Waals surface area contributed by atoms with Crippen molar-refractivity contribution in [2.75, 3.05) is 39.1 Å². The van der Waals surface area contributed by atoms with Crippen molar-refractivity contribution < 1.29 is 0 Å². The quantitative estimate of drug-likeness (QED) is 0.728. The standard InChI is InChI=1S/C20H29N3/c1-5-23-16-13-19(17-23)8-7-18-9-11-20(12-10-18)22(4)15-6-14-21(2)3/h7-13,16-17H,5-6,14-15H2,1-4H3/b8-7+. The lowest BCUT2D eigenvalue weighted by Gasteiger charge is -2.20. The molecule has 2 rings (SSSR count). The van der Waals surface area contributed by atoms with Crippen LogP contribution in [0.5, 0.6) is 0 Å². The molecule has 3 nitrogen and oxygen atoms in total. The van der Waals surface area contributed by atoms with Crippen LogP contribution in [-0.2, 0) is 6.54 Å². The van der Waals surface area contributed by atoms with E-state index in [0.29, 0.717) is 0 Å². The van der Waals surface area contributed by atoms with Gasteiger partial charge in [0.1, 0.15) is 0 Å². The van der Waals surface area contributed by atoms with Gasteiger partial charge in [-0.1, -0.05) is 24.3 Å². The van der Waals surface area contributed by atoms with Gasteiger partial charge in [-0.15, -0.1) is 0 Å². The van der Waals surface area contributed by atoms with Crippen LogP contribution in [0.2, 0.25) is 0 Å². The van der Waals surface area contributed by atoms with E-state index in [4.69, 9.17) is 0 Å². The molecule has 1 heterocycles. The number of aryl methyl sites for hydroxylation is 1. The number of benzene rings is 1. The third kappa shape index (κ3) is 5.61. The van der Waals surface area contributed by atoms with Crippen LogP contribution < -0.4 is 4.90 Å². The highest BCUT2D eigenvalue weighted by Gasteiger charge is 2.01. The molecule has 0 aliphatic carbocycles. The average molecular weight is 311 g/mol. The topological polar surface area (TPSA) is 11.4 Å². The lowest BCUT2D eigenvalue weighted by Crippen LogP contribution is -2.23. The molecule has 0 aliphatic heterocycles. The smallest absolute Gasteiger partial charge is 0.0364 e. The Bertz CT molecular complexity index is 608. The maximum Gasteiger partial charge on any atom is 0.0364 e. The molecule has 0 N–H and O–H groups in total. The molecule has 0 saturated carbocycles. The lowest BCUT2D eigenvalue weighted by atomic mass is 10.1. The Morgan fingerprint density at radius 2 is 1.61 bits per heavy atom. The summed E-state index contributed by atoms with van der Waals surface area (Å²) in [5.41, 5.74) is 3.76. The van der Waals surface area contributed by atoms with Crippen LogP contribution in [-0.4, -0.2) is 43.7 Å². The second kappa shape index (κ2) is 8.59. The van der Waals surface area contributed by atoms with Crippen molar-refractivity contribution >= 4 is 17.8 Å². The van der Waals surface area contributed by atoms with Gasteiger partial charge in [0.2, 0.25) is 0 Å². The summed E-state index contributed by atoms with van der Waals surface area (Å²) in [5, 5.41) is 0.